The van der Waals surface area contributed by atoms with Crippen LogP contribution in [-0.4, -0.2) is 16.9 Å². The van der Waals surface area contributed by atoms with E-state index in [1.807, 2.05) is 30.3 Å². The standard InChI is InChI=1S/C19H9NO3/c21-18-15-6-3-5-13(17(15)19(22)23-18)9-8-12-10-14-4-1-2-7-16(14)20-11-12/h1-7,10-11H. The molecule has 2 heterocycles. The molecule has 1 aliphatic heterocycles. The fourth-order valence-corrected chi connectivity index (χ4v) is 2.52. The Labute approximate surface area is 131 Å². The lowest BCUT2D eigenvalue weighted by molar-refractivity contribution is 0.0443. The molecule has 0 bridgehead atoms. The van der Waals surface area contributed by atoms with Crippen molar-refractivity contribution in [3.63, 3.8) is 0 Å². The van der Waals surface area contributed by atoms with Crippen molar-refractivity contribution in [1.82, 2.24) is 4.98 Å². The number of ether oxygens (including phenoxy) is 1. The minimum Gasteiger partial charge on any atom is -0.386 e. The van der Waals surface area contributed by atoms with Crippen molar-refractivity contribution in [3.8, 4) is 11.8 Å². The maximum atomic E-state index is 11.8. The summed E-state index contributed by atoms with van der Waals surface area (Å²) < 4.78 is 4.62. The number of cyclic esters (lactones) is 2. The average molecular weight is 299 g/mol. The molecule has 4 nitrogen and oxygen atoms in total. The van der Waals surface area contributed by atoms with Crippen LogP contribution in [0.15, 0.2) is 54.7 Å². The Balaban J connectivity index is 1.79. The van der Waals surface area contributed by atoms with Gasteiger partial charge in [-0.3, -0.25) is 4.98 Å². The molecule has 0 N–H and O–H groups in total. The van der Waals surface area contributed by atoms with E-state index in [9.17, 15) is 9.59 Å². The molecule has 4 rings (SSSR count). The number of hydrogen-bond acceptors (Lipinski definition) is 4. The first-order valence-electron chi connectivity index (χ1n) is 6.99. The molecule has 0 atom stereocenters. The first-order valence-corrected chi connectivity index (χ1v) is 6.99. The Morgan fingerprint density at radius 2 is 1.78 bits per heavy atom. The molecule has 0 saturated carbocycles. The first-order chi connectivity index (χ1) is 11.2. The van der Waals surface area contributed by atoms with Gasteiger partial charge in [-0.25, -0.2) is 9.59 Å². The molecular weight excluding hydrogens is 290 g/mol. The third kappa shape index (κ3) is 2.25. The zero-order valence-corrected chi connectivity index (χ0v) is 11.9. The van der Waals surface area contributed by atoms with Gasteiger partial charge in [0.2, 0.25) is 0 Å². The average Bonchev–Trinajstić information content (AvgIpc) is 2.88. The van der Waals surface area contributed by atoms with E-state index in [4.69, 9.17) is 0 Å². The maximum Gasteiger partial charge on any atom is 0.348 e. The molecule has 0 aliphatic carbocycles. The number of para-hydroxylation sites is 1. The number of aromatic nitrogens is 1. The SMILES string of the molecule is O=C1OC(=O)c2c(C#Cc3cnc4ccccc4c3)cccc21. The Morgan fingerprint density at radius 3 is 2.70 bits per heavy atom. The third-order valence-corrected chi connectivity index (χ3v) is 3.61. The van der Waals surface area contributed by atoms with E-state index in [1.54, 1.807) is 24.4 Å². The summed E-state index contributed by atoms with van der Waals surface area (Å²) in [7, 11) is 0. The summed E-state index contributed by atoms with van der Waals surface area (Å²) >= 11 is 0. The number of pyridine rings is 1. The van der Waals surface area contributed by atoms with E-state index in [-0.39, 0.29) is 11.1 Å². The van der Waals surface area contributed by atoms with Crippen LogP contribution in [0.25, 0.3) is 10.9 Å². The number of nitrogens with zero attached hydrogens (tertiary/aromatic N) is 1. The van der Waals surface area contributed by atoms with E-state index >= 15 is 0 Å². The van der Waals surface area contributed by atoms with Crippen LogP contribution in [0.5, 0.6) is 0 Å². The highest BCUT2D eigenvalue weighted by atomic mass is 16.6. The highest BCUT2D eigenvalue weighted by Gasteiger charge is 2.31. The highest BCUT2D eigenvalue weighted by molar-refractivity contribution is 6.15. The maximum absolute atomic E-state index is 11.8. The van der Waals surface area contributed by atoms with Crippen LogP contribution >= 0.6 is 0 Å². The lowest BCUT2D eigenvalue weighted by Crippen LogP contribution is -1.98. The van der Waals surface area contributed by atoms with Crippen molar-refractivity contribution in [2.45, 2.75) is 0 Å². The van der Waals surface area contributed by atoms with Gasteiger partial charge in [-0.1, -0.05) is 36.1 Å². The minimum absolute atomic E-state index is 0.235. The van der Waals surface area contributed by atoms with Crippen LogP contribution < -0.4 is 0 Å². The van der Waals surface area contributed by atoms with Gasteiger partial charge >= 0.3 is 11.9 Å². The molecule has 2 aromatic carbocycles. The molecule has 0 spiro atoms. The predicted octanol–water partition coefficient (Wildman–Crippen LogP) is 2.95. The van der Waals surface area contributed by atoms with Crippen LogP contribution in [0.4, 0.5) is 0 Å². The van der Waals surface area contributed by atoms with Gasteiger partial charge in [-0.15, -0.1) is 0 Å². The summed E-state index contributed by atoms with van der Waals surface area (Å²) in [5, 5.41) is 0.993. The van der Waals surface area contributed by atoms with Crippen LogP contribution in [0.3, 0.4) is 0 Å². The fraction of sp³-hybridized carbons (Fsp3) is 0. The lowest BCUT2D eigenvalue weighted by Gasteiger charge is -1.97. The van der Waals surface area contributed by atoms with Gasteiger partial charge in [0, 0.05) is 22.7 Å². The molecule has 1 aliphatic rings. The summed E-state index contributed by atoms with van der Waals surface area (Å²) in [6, 6.07) is 14.6. The highest BCUT2D eigenvalue weighted by Crippen LogP contribution is 2.23. The van der Waals surface area contributed by atoms with Crippen molar-refractivity contribution in [3.05, 3.63) is 77.0 Å². The second kappa shape index (κ2) is 5.08. The van der Waals surface area contributed by atoms with E-state index in [0.29, 0.717) is 5.56 Å². The Hall–Kier alpha value is -3.45. The third-order valence-electron chi connectivity index (χ3n) is 3.61. The summed E-state index contributed by atoms with van der Waals surface area (Å²) in [6.07, 6.45) is 1.68. The molecule has 23 heavy (non-hydrogen) atoms. The molecule has 0 saturated heterocycles. The van der Waals surface area contributed by atoms with Gasteiger partial charge in [0.05, 0.1) is 16.6 Å². The summed E-state index contributed by atoms with van der Waals surface area (Å²) in [5.41, 5.74) is 2.61. The van der Waals surface area contributed by atoms with Gasteiger partial charge in [0.1, 0.15) is 0 Å². The Morgan fingerprint density at radius 1 is 0.913 bits per heavy atom. The number of carbonyl (C=O) groups is 2. The van der Waals surface area contributed by atoms with Gasteiger partial charge < -0.3 is 4.74 Å². The predicted molar refractivity (Wildman–Crippen MR) is 83.9 cm³/mol. The number of benzene rings is 2. The summed E-state index contributed by atoms with van der Waals surface area (Å²) in [6.45, 7) is 0. The summed E-state index contributed by atoms with van der Waals surface area (Å²) in [4.78, 5) is 27.7. The number of rotatable bonds is 0. The van der Waals surface area contributed by atoms with Crippen LogP contribution in [0, 0.1) is 11.8 Å². The fourth-order valence-electron chi connectivity index (χ4n) is 2.52. The minimum atomic E-state index is -0.647. The molecule has 0 unspecified atom stereocenters. The van der Waals surface area contributed by atoms with Crippen LogP contribution in [0.1, 0.15) is 31.8 Å². The molecule has 0 fully saturated rings. The van der Waals surface area contributed by atoms with Gasteiger partial charge in [0.15, 0.2) is 0 Å². The van der Waals surface area contributed by atoms with E-state index in [1.165, 1.54) is 0 Å². The topological polar surface area (TPSA) is 56.3 Å². The zero-order chi connectivity index (χ0) is 15.8. The summed E-state index contributed by atoms with van der Waals surface area (Å²) in [5.74, 6) is 4.65. The number of fused-ring (bicyclic) bond motifs is 2. The molecular formula is C19H9NO3. The van der Waals surface area contributed by atoms with Crippen LogP contribution in [0.2, 0.25) is 0 Å². The normalized spacial score (nSPS) is 12.5. The largest absolute Gasteiger partial charge is 0.386 e. The molecule has 3 aromatic rings. The van der Waals surface area contributed by atoms with E-state index < -0.39 is 11.9 Å². The van der Waals surface area contributed by atoms with Gasteiger partial charge in [-0.05, 0) is 24.3 Å². The molecule has 0 radical (unpaired) electrons. The Kier molecular flexibility index (Phi) is 2.92. The van der Waals surface area contributed by atoms with Crippen molar-refractivity contribution < 1.29 is 14.3 Å². The van der Waals surface area contributed by atoms with Crippen molar-refractivity contribution in [1.29, 1.82) is 0 Å². The number of esters is 2. The second-order valence-corrected chi connectivity index (χ2v) is 5.07. The van der Waals surface area contributed by atoms with E-state index in [0.717, 1.165) is 16.5 Å². The van der Waals surface area contributed by atoms with E-state index in [2.05, 4.69) is 21.6 Å². The van der Waals surface area contributed by atoms with Crippen molar-refractivity contribution in [2.75, 3.05) is 0 Å². The molecule has 0 amide bonds. The molecule has 1 aromatic heterocycles. The van der Waals surface area contributed by atoms with Crippen molar-refractivity contribution >= 4 is 22.8 Å². The quantitative estimate of drug-likeness (QED) is 0.364. The lowest BCUT2D eigenvalue weighted by atomic mass is 10.0. The monoisotopic (exact) mass is 299 g/mol. The molecule has 108 valence electrons. The van der Waals surface area contributed by atoms with Gasteiger partial charge in [-0.2, -0.15) is 0 Å². The smallest absolute Gasteiger partial charge is 0.348 e. The van der Waals surface area contributed by atoms with Crippen LogP contribution in [-0.2, 0) is 4.74 Å². The number of carbonyl (C=O) groups excluding carboxylic acids is 2. The van der Waals surface area contributed by atoms with Gasteiger partial charge in [0.25, 0.3) is 0 Å². The Bertz CT molecular complexity index is 1040. The zero-order valence-electron chi connectivity index (χ0n) is 11.9. The number of hydrogen-bond donors (Lipinski definition) is 0. The van der Waals surface area contributed by atoms with Crippen molar-refractivity contribution in [2.24, 2.45) is 0 Å². The first kappa shape index (κ1) is 13.2. The second-order valence-electron chi connectivity index (χ2n) is 5.07. The molecule has 4 heteroatoms.